The standard InChI is InChI=1S/C11H15N3O3/c1-6-5-9(14-17-6)11(16)12-7(2)10(15)13-8-3-4-8/h5,7-8H,3-4H2,1-2H3,(H,12,16)(H,13,15). The van der Waals surface area contributed by atoms with Crippen molar-refractivity contribution in [1.82, 2.24) is 15.8 Å². The third-order valence-electron chi connectivity index (χ3n) is 2.53. The van der Waals surface area contributed by atoms with Crippen molar-refractivity contribution >= 4 is 11.8 Å². The highest BCUT2D eigenvalue weighted by molar-refractivity contribution is 5.95. The predicted molar refractivity (Wildman–Crippen MR) is 59.3 cm³/mol. The lowest BCUT2D eigenvalue weighted by atomic mass is 10.3. The number of aryl methyl sites for hydroxylation is 1. The van der Waals surface area contributed by atoms with Gasteiger partial charge >= 0.3 is 0 Å². The highest BCUT2D eigenvalue weighted by Crippen LogP contribution is 2.18. The summed E-state index contributed by atoms with van der Waals surface area (Å²) in [4.78, 5) is 23.3. The number of rotatable bonds is 4. The van der Waals surface area contributed by atoms with Crippen LogP contribution < -0.4 is 10.6 Å². The van der Waals surface area contributed by atoms with Crippen LogP contribution in [0.2, 0.25) is 0 Å². The minimum atomic E-state index is -0.569. The molecule has 0 aromatic carbocycles. The molecule has 2 N–H and O–H groups in total. The summed E-state index contributed by atoms with van der Waals surface area (Å²) in [5, 5.41) is 8.97. The van der Waals surface area contributed by atoms with Gasteiger partial charge in [0.1, 0.15) is 11.8 Å². The molecule has 0 saturated heterocycles. The van der Waals surface area contributed by atoms with E-state index < -0.39 is 11.9 Å². The van der Waals surface area contributed by atoms with Crippen LogP contribution in [0.3, 0.4) is 0 Å². The quantitative estimate of drug-likeness (QED) is 0.792. The Labute approximate surface area is 98.7 Å². The number of carbonyl (C=O) groups is 2. The average Bonchev–Trinajstić information content (AvgIpc) is 2.97. The lowest BCUT2D eigenvalue weighted by Crippen LogP contribution is -2.45. The minimum Gasteiger partial charge on any atom is -0.361 e. The first kappa shape index (κ1) is 11.6. The van der Waals surface area contributed by atoms with Gasteiger partial charge in [0.15, 0.2) is 5.69 Å². The molecule has 1 fully saturated rings. The molecule has 1 aliphatic rings. The smallest absolute Gasteiger partial charge is 0.274 e. The molecule has 0 spiro atoms. The van der Waals surface area contributed by atoms with Gasteiger partial charge in [-0.25, -0.2) is 0 Å². The molecule has 1 heterocycles. The highest BCUT2D eigenvalue weighted by Gasteiger charge is 2.26. The van der Waals surface area contributed by atoms with Gasteiger partial charge in [0.25, 0.3) is 5.91 Å². The fourth-order valence-electron chi connectivity index (χ4n) is 1.36. The minimum absolute atomic E-state index is 0.166. The molecule has 2 rings (SSSR count). The van der Waals surface area contributed by atoms with E-state index in [1.807, 2.05) is 0 Å². The molecule has 0 aliphatic heterocycles. The van der Waals surface area contributed by atoms with Crippen LogP contribution >= 0.6 is 0 Å². The second kappa shape index (κ2) is 4.57. The molecule has 1 aromatic rings. The molecule has 0 bridgehead atoms. The zero-order chi connectivity index (χ0) is 12.4. The molecule has 1 aliphatic carbocycles. The van der Waals surface area contributed by atoms with E-state index in [1.54, 1.807) is 13.8 Å². The normalized spacial score (nSPS) is 16.4. The fraction of sp³-hybridized carbons (Fsp3) is 0.545. The third-order valence-corrected chi connectivity index (χ3v) is 2.53. The van der Waals surface area contributed by atoms with Crippen molar-refractivity contribution in [2.75, 3.05) is 0 Å². The van der Waals surface area contributed by atoms with Gasteiger partial charge < -0.3 is 15.2 Å². The number of aromatic nitrogens is 1. The molecule has 92 valence electrons. The van der Waals surface area contributed by atoms with Crippen LogP contribution in [0.15, 0.2) is 10.6 Å². The molecule has 6 nitrogen and oxygen atoms in total. The number of nitrogens with zero attached hydrogens (tertiary/aromatic N) is 1. The van der Waals surface area contributed by atoms with E-state index in [0.29, 0.717) is 5.76 Å². The maximum absolute atomic E-state index is 11.7. The maximum Gasteiger partial charge on any atom is 0.274 e. The van der Waals surface area contributed by atoms with E-state index in [9.17, 15) is 9.59 Å². The maximum atomic E-state index is 11.7. The molecule has 1 atom stereocenters. The number of hydrogen-bond donors (Lipinski definition) is 2. The summed E-state index contributed by atoms with van der Waals surface area (Å²) in [6, 6.07) is 1.25. The summed E-state index contributed by atoms with van der Waals surface area (Å²) in [6.45, 7) is 3.34. The molecule has 1 saturated carbocycles. The Balaban J connectivity index is 1.86. The first-order chi connectivity index (χ1) is 8.06. The van der Waals surface area contributed by atoms with Crippen LogP contribution in [0, 0.1) is 6.92 Å². The number of hydrogen-bond acceptors (Lipinski definition) is 4. The molecule has 6 heteroatoms. The number of amides is 2. The summed E-state index contributed by atoms with van der Waals surface area (Å²) < 4.78 is 4.79. The van der Waals surface area contributed by atoms with E-state index in [2.05, 4.69) is 15.8 Å². The molecule has 1 aromatic heterocycles. The highest BCUT2D eigenvalue weighted by atomic mass is 16.5. The van der Waals surface area contributed by atoms with Crippen molar-refractivity contribution in [3.63, 3.8) is 0 Å². The van der Waals surface area contributed by atoms with Crippen LogP contribution in [-0.4, -0.2) is 29.1 Å². The number of carbonyl (C=O) groups excluding carboxylic acids is 2. The van der Waals surface area contributed by atoms with Gasteiger partial charge in [-0.1, -0.05) is 5.16 Å². The van der Waals surface area contributed by atoms with Crippen molar-refractivity contribution in [3.8, 4) is 0 Å². The van der Waals surface area contributed by atoms with Crippen molar-refractivity contribution in [1.29, 1.82) is 0 Å². The van der Waals surface area contributed by atoms with Gasteiger partial charge in [-0.05, 0) is 26.7 Å². The first-order valence-electron chi connectivity index (χ1n) is 5.61. The Kier molecular flexibility index (Phi) is 3.12. The van der Waals surface area contributed by atoms with Crippen molar-refractivity contribution < 1.29 is 14.1 Å². The van der Waals surface area contributed by atoms with Crippen LogP contribution in [0.1, 0.15) is 36.0 Å². The second-order valence-corrected chi connectivity index (χ2v) is 4.30. The summed E-state index contributed by atoms with van der Waals surface area (Å²) in [7, 11) is 0. The van der Waals surface area contributed by atoms with Crippen LogP contribution in [0.5, 0.6) is 0 Å². The summed E-state index contributed by atoms with van der Waals surface area (Å²) >= 11 is 0. The molecule has 2 amide bonds. The Morgan fingerprint density at radius 3 is 2.76 bits per heavy atom. The largest absolute Gasteiger partial charge is 0.361 e. The van der Waals surface area contributed by atoms with Crippen molar-refractivity contribution in [2.24, 2.45) is 0 Å². The van der Waals surface area contributed by atoms with Gasteiger partial charge in [-0.2, -0.15) is 0 Å². The van der Waals surface area contributed by atoms with Crippen LogP contribution in [0.4, 0.5) is 0 Å². The summed E-state index contributed by atoms with van der Waals surface area (Å²) in [6.07, 6.45) is 2.05. The van der Waals surface area contributed by atoms with Gasteiger partial charge in [-0.15, -0.1) is 0 Å². The van der Waals surface area contributed by atoms with Crippen LogP contribution in [-0.2, 0) is 4.79 Å². The Hall–Kier alpha value is -1.85. The fourth-order valence-corrected chi connectivity index (χ4v) is 1.36. The third kappa shape index (κ3) is 3.05. The van der Waals surface area contributed by atoms with Crippen LogP contribution in [0.25, 0.3) is 0 Å². The topological polar surface area (TPSA) is 84.2 Å². The second-order valence-electron chi connectivity index (χ2n) is 4.30. The lowest BCUT2D eigenvalue weighted by Gasteiger charge is -2.12. The Bertz CT molecular complexity index is 437. The van der Waals surface area contributed by atoms with Gasteiger partial charge in [0.05, 0.1) is 0 Å². The summed E-state index contributed by atoms with van der Waals surface area (Å²) in [5.41, 5.74) is 0.188. The first-order valence-corrected chi connectivity index (χ1v) is 5.61. The molecule has 0 radical (unpaired) electrons. The van der Waals surface area contributed by atoms with Crippen molar-refractivity contribution in [2.45, 2.75) is 38.8 Å². The van der Waals surface area contributed by atoms with E-state index in [1.165, 1.54) is 6.07 Å². The van der Waals surface area contributed by atoms with E-state index in [0.717, 1.165) is 12.8 Å². The molecular formula is C11H15N3O3. The van der Waals surface area contributed by atoms with Crippen molar-refractivity contribution in [3.05, 3.63) is 17.5 Å². The van der Waals surface area contributed by atoms with Gasteiger partial charge in [0.2, 0.25) is 5.91 Å². The number of nitrogens with one attached hydrogen (secondary N) is 2. The average molecular weight is 237 g/mol. The molecule has 17 heavy (non-hydrogen) atoms. The SMILES string of the molecule is Cc1cc(C(=O)NC(C)C(=O)NC2CC2)no1. The Morgan fingerprint density at radius 2 is 2.24 bits per heavy atom. The monoisotopic (exact) mass is 237 g/mol. The Morgan fingerprint density at radius 1 is 1.53 bits per heavy atom. The summed E-state index contributed by atoms with van der Waals surface area (Å²) in [5.74, 6) is -0.00778. The van der Waals surface area contributed by atoms with E-state index in [-0.39, 0.29) is 17.6 Å². The predicted octanol–water partition coefficient (Wildman–Crippen LogP) is 0.380. The molecule has 1 unspecified atom stereocenters. The zero-order valence-corrected chi connectivity index (χ0v) is 9.82. The van der Waals surface area contributed by atoms with Gasteiger partial charge in [-0.3, -0.25) is 9.59 Å². The zero-order valence-electron chi connectivity index (χ0n) is 9.82. The molecular weight excluding hydrogens is 222 g/mol. The van der Waals surface area contributed by atoms with Gasteiger partial charge in [0, 0.05) is 12.1 Å². The van der Waals surface area contributed by atoms with E-state index >= 15 is 0 Å². The lowest BCUT2D eigenvalue weighted by molar-refractivity contribution is -0.122. The van der Waals surface area contributed by atoms with E-state index in [4.69, 9.17) is 4.52 Å².